The third kappa shape index (κ3) is 5.70. The fourth-order valence-corrected chi connectivity index (χ4v) is 1.53. The topological polar surface area (TPSA) is 100 Å². The molecule has 0 bridgehead atoms. The molecule has 0 heterocycles. The van der Waals surface area contributed by atoms with E-state index in [4.69, 9.17) is 15.7 Å². The Bertz CT molecular complexity index is 474. The van der Waals surface area contributed by atoms with Crippen LogP contribution < -0.4 is 15.8 Å². The molecule has 4 N–H and O–H groups in total. The number of rotatable bonds is 8. The Morgan fingerprint density at radius 1 is 1.43 bits per heavy atom. The summed E-state index contributed by atoms with van der Waals surface area (Å²) >= 11 is 0. The average molecular weight is 294 g/mol. The van der Waals surface area contributed by atoms with Gasteiger partial charge in [0.05, 0.1) is 6.54 Å². The van der Waals surface area contributed by atoms with Crippen LogP contribution in [0.4, 0.5) is 0 Å². The van der Waals surface area contributed by atoms with Crippen LogP contribution in [-0.4, -0.2) is 55.1 Å². The predicted molar refractivity (Wildman–Crippen MR) is 80.6 cm³/mol. The molecule has 0 saturated heterocycles. The van der Waals surface area contributed by atoms with Gasteiger partial charge in [-0.15, -0.1) is 0 Å². The molecule has 0 aliphatic carbocycles. The number of carbonyl (C=O) groups is 1. The Morgan fingerprint density at radius 3 is 2.67 bits per heavy atom. The first-order valence-corrected chi connectivity index (χ1v) is 6.74. The minimum Gasteiger partial charge on any atom is -0.492 e. The molecule has 0 aromatic heterocycles. The number of ether oxygens (including phenoxy) is 1. The zero-order valence-corrected chi connectivity index (χ0v) is 12.4. The summed E-state index contributed by atoms with van der Waals surface area (Å²) in [5, 5.41) is 14.5. The standard InChI is InChI=1S/C14H22N4O3/c1-3-18(2)13(19)10-16-8-9-21-12-6-4-11(5-7-12)14(15)17-20/h4-7,16,20H,3,8-10H2,1-2H3,(H2,15,17). The molecule has 21 heavy (non-hydrogen) atoms. The third-order valence-electron chi connectivity index (χ3n) is 2.98. The van der Waals surface area contributed by atoms with Gasteiger partial charge in [-0.1, -0.05) is 5.16 Å². The van der Waals surface area contributed by atoms with Crippen LogP contribution in [0.5, 0.6) is 5.75 Å². The molecule has 0 fully saturated rings. The molecule has 7 nitrogen and oxygen atoms in total. The first kappa shape index (κ1) is 16.8. The maximum Gasteiger partial charge on any atom is 0.236 e. The number of likely N-dealkylation sites (N-methyl/N-ethyl adjacent to an activating group) is 1. The normalized spacial score (nSPS) is 11.2. The molecule has 1 amide bonds. The van der Waals surface area contributed by atoms with Crippen LogP contribution >= 0.6 is 0 Å². The molecule has 7 heteroatoms. The van der Waals surface area contributed by atoms with Gasteiger partial charge in [0.2, 0.25) is 5.91 Å². The van der Waals surface area contributed by atoms with Crippen molar-refractivity contribution in [1.29, 1.82) is 0 Å². The number of amidine groups is 1. The van der Waals surface area contributed by atoms with Gasteiger partial charge in [0.1, 0.15) is 12.4 Å². The number of nitrogens with two attached hydrogens (primary N) is 1. The minimum atomic E-state index is 0.0561. The highest BCUT2D eigenvalue weighted by Crippen LogP contribution is 2.11. The van der Waals surface area contributed by atoms with Crippen molar-refractivity contribution in [3.63, 3.8) is 0 Å². The van der Waals surface area contributed by atoms with Crippen molar-refractivity contribution in [2.75, 3.05) is 33.3 Å². The summed E-state index contributed by atoms with van der Waals surface area (Å²) in [6, 6.07) is 6.89. The van der Waals surface area contributed by atoms with Crippen molar-refractivity contribution in [1.82, 2.24) is 10.2 Å². The highest BCUT2D eigenvalue weighted by molar-refractivity contribution is 5.97. The van der Waals surface area contributed by atoms with Crippen LogP contribution in [0.1, 0.15) is 12.5 Å². The Balaban J connectivity index is 2.26. The van der Waals surface area contributed by atoms with Crippen molar-refractivity contribution < 1.29 is 14.7 Å². The minimum absolute atomic E-state index is 0.0561. The quantitative estimate of drug-likeness (QED) is 0.209. The number of hydrogen-bond donors (Lipinski definition) is 3. The van der Waals surface area contributed by atoms with Gasteiger partial charge in [-0.3, -0.25) is 4.79 Å². The van der Waals surface area contributed by atoms with Crippen molar-refractivity contribution in [2.24, 2.45) is 10.9 Å². The Morgan fingerprint density at radius 2 is 2.10 bits per heavy atom. The van der Waals surface area contributed by atoms with E-state index < -0.39 is 0 Å². The van der Waals surface area contributed by atoms with Crippen molar-refractivity contribution in [2.45, 2.75) is 6.92 Å². The summed E-state index contributed by atoms with van der Waals surface area (Å²) in [6.45, 7) is 3.95. The van der Waals surface area contributed by atoms with Gasteiger partial charge in [-0.2, -0.15) is 0 Å². The fraction of sp³-hybridized carbons (Fsp3) is 0.429. The molecular weight excluding hydrogens is 272 g/mol. The molecule has 0 radical (unpaired) electrons. The van der Waals surface area contributed by atoms with E-state index in [0.29, 0.717) is 37.6 Å². The van der Waals surface area contributed by atoms with E-state index in [0.717, 1.165) is 0 Å². The summed E-state index contributed by atoms with van der Waals surface area (Å²) in [4.78, 5) is 13.2. The second-order valence-corrected chi connectivity index (χ2v) is 4.44. The van der Waals surface area contributed by atoms with E-state index in [2.05, 4.69) is 10.5 Å². The fourth-order valence-electron chi connectivity index (χ4n) is 1.53. The number of nitrogens with zero attached hydrogens (tertiary/aromatic N) is 2. The number of hydrogen-bond acceptors (Lipinski definition) is 5. The van der Waals surface area contributed by atoms with Gasteiger partial charge in [-0.25, -0.2) is 0 Å². The van der Waals surface area contributed by atoms with Crippen LogP contribution in [0.25, 0.3) is 0 Å². The molecule has 0 atom stereocenters. The average Bonchev–Trinajstić information content (AvgIpc) is 2.53. The molecule has 1 rings (SSSR count). The van der Waals surface area contributed by atoms with Crippen LogP contribution in [0.2, 0.25) is 0 Å². The molecule has 0 saturated carbocycles. The maximum atomic E-state index is 11.5. The second-order valence-electron chi connectivity index (χ2n) is 4.44. The number of carbonyl (C=O) groups excluding carboxylic acids is 1. The summed E-state index contributed by atoms with van der Waals surface area (Å²) in [6.07, 6.45) is 0. The van der Waals surface area contributed by atoms with Crippen LogP contribution in [0.15, 0.2) is 29.4 Å². The van der Waals surface area contributed by atoms with E-state index >= 15 is 0 Å². The van der Waals surface area contributed by atoms with E-state index in [1.165, 1.54) is 0 Å². The Hall–Kier alpha value is -2.28. The summed E-state index contributed by atoms with van der Waals surface area (Å²) in [5.74, 6) is 0.797. The first-order chi connectivity index (χ1) is 10.1. The third-order valence-corrected chi connectivity index (χ3v) is 2.98. The monoisotopic (exact) mass is 294 g/mol. The SMILES string of the molecule is CCN(C)C(=O)CNCCOc1ccc(/C(N)=N/O)cc1. The maximum absolute atomic E-state index is 11.5. The number of amides is 1. The van der Waals surface area contributed by atoms with E-state index in [1.807, 2.05) is 6.92 Å². The second kappa shape index (κ2) is 8.80. The molecule has 0 aliphatic heterocycles. The zero-order valence-electron chi connectivity index (χ0n) is 12.4. The molecule has 0 spiro atoms. The molecular formula is C14H22N4O3. The number of nitrogens with one attached hydrogen (secondary N) is 1. The van der Waals surface area contributed by atoms with Gasteiger partial charge < -0.3 is 25.9 Å². The molecule has 1 aromatic rings. The van der Waals surface area contributed by atoms with Crippen molar-refractivity contribution >= 4 is 11.7 Å². The van der Waals surface area contributed by atoms with Gasteiger partial charge >= 0.3 is 0 Å². The van der Waals surface area contributed by atoms with Crippen molar-refractivity contribution in [3.8, 4) is 5.75 Å². The summed E-state index contributed by atoms with van der Waals surface area (Å²) in [5.41, 5.74) is 6.08. The highest BCUT2D eigenvalue weighted by Gasteiger charge is 2.05. The molecule has 0 unspecified atom stereocenters. The summed E-state index contributed by atoms with van der Waals surface area (Å²) in [7, 11) is 1.77. The van der Waals surface area contributed by atoms with Crippen LogP contribution in [0.3, 0.4) is 0 Å². The molecule has 1 aromatic carbocycles. The lowest BCUT2D eigenvalue weighted by Crippen LogP contribution is -2.36. The van der Waals surface area contributed by atoms with Crippen molar-refractivity contribution in [3.05, 3.63) is 29.8 Å². The van der Waals surface area contributed by atoms with E-state index in [-0.39, 0.29) is 11.7 Å². The summed E-state index contributed by atoms with van der Waals surface area (Å²) < 4.78 is 5.51. The largest absolute Gasteiger partial charge is 0.492 e. The van der Waals surface area contributed by atoms with Gasteiger partial charge in [0.15, 0.2) is 5.84 Å². The van der Waals surface area contributed by atoms with E-state index in [1.54, 1.807) is 36.2 Å². The van der Waals surface area contributed by atoms with E-state index in [9.17, 15) is 4.79 Å². The van der Waals surface area contributed by atoms with Crippen LogP contribution in [-0.2, 0) is 4.79 Å². The van der Waals surface area contributed by atoms with Crippen LogP contribution in [0, 0.1) is 0 Å². The predicted octanol–water partition coefficient (Wildman–Crippen LogP) is 0.228. The molecule has 116 valence electrons. The Labute approximate surface area is 124 Å². The van der Waals surface area contributed by atoms with Gasteiger partial charge in [0, 0.05) is 25.7 Å². The highest BCUT2D eigenvalue weighted by atomic mass is 16.5. The lowest BCUT2D eigenvalue weighted by atomic mass is 10.2. The van der Waals surface area contributed by atoms with Gasteiger partial charge in [-0.05, 0) is 31.2 Å². The number of benzene rings is 1. The lowest BCUT2D eigenvalue weighted by molar-refractivity contribution is -0.128. The number of oxime groups is 1. The zero-order chi connectivity index (χ0) is 15.7. The molecule has 0 aliphatic rings. The first-order valence-electron chi connectivity index (χ1n) is 6.74. The van der Waals surface area contributed by atoms with Gasteiger partial charge in [0.25, 0.3) is 0 Å². The smallest absolute Gasteiger partial charge is 0.236 e. The lowest BCUT2D eigenvalue weighted by Gasteiger charge is -2.14. The Kier molecular flexibility index (Phi) is 7.03.